The first-order valence-electron chi connectivity index (χ1n) is 17.7. The highest BCUT2D eigenvalue weighted by atomic mass is 16.5. The number of nitrogens with zero attached hydrogens (tertiary/aromatic N) is 3. The summed E-state index contributed by atoms with van der Waals surface area (Å²) in [4.78, 5) is 32.9. The molecule has 4 atom stereocenters. The van der Waals surface area contributed by atoms with Gasteiger partial charge in [-0.2, -0.15) is 0 Å². The highest BCUT2D eigenvalue weighted by Gasteiger charge is 2.47. The lowest BCUT2D eigenvalue weighted by atomic mass is 9.91. The number of ether oxygens (including phenoxy) is 1. The molecule has 2 aromatic carbocycles. The minimum atomic E-state index is -1.35. The summed E-state index contributed by atoms with van der Waals surface area (Å²) in [6.07, 6.45) is 2.56. The van der Waals surface area contributed by atoms with Gasteiger partial charge in [0.1, 0.15) is 19.1 Å². The molecule has 4 aliphatic rings. The van der Waals surface area contributed by atoms with E-state index in [1.165, 1.54) is 41.4 Å². The molecule has 6 rings (SSSR count). The third-order valence-electron chi connectivity index (χ3n) is 10.6. The number of aliphatic hydroxyl groups is 3. The number of esters is 1. The van der Waals surface area contributed by atoms with E-state index in [-0.39, 0.29) is 18.6 Å². The third kappa shape index (κ3) is 8.42. The average Bonchev–Trinajstić information content (AvgIpc) is 3.31. The van der Waals surface area contributed by atoms with Crippen molar-refractivity contribution in [2.45, 2.75) is 103 Å². The second kappa shape index (κ2) is 16.0. The van der Waals surface area contributed by atoms with E-state index in [4.69, 9.17) is 4.74 Å². The predicted molar refractivity (Wildman–Crippen MR) is 185 cm³/mol. The van der Waals surface area contributed by atoms with Crippen molar-refractivity contribution >= 4 is 11.9 Å². The Morgan fingerprint density at radius 3 is 2.43 bits per heavy atom. The zero-order chi connectivity index (χ0) is 34.5. The molecule has 11 heteroatoms. The van der Waals surface area contributed by atoms with Gasteiger partial charge in [0.2, 0.25) is 0 Å². The maximum Gasteiger partial charge on any atom is 0.310 e. The number of aliphatic hydroxyl groups excluding tert-OH is 3. The van der Waals surface area contributed by atoms with Gasteiger partial charge in [0.25, 0.3) is 5.91 Å². The highest BCUT2D eigenvalue weighted by Crippen LogP contribution is 2.35. The first kappa shape index (κ1) is 35.3. The molecule has 3 aliphatic heterocycles. The third-order valence-corrected chi connectivity index (χ3v) is 10.6. The van der Waals surface area contributed by atoms with Crippen LogP contribution < -0.4 is 10.6 Å². The Morgan fingerprint density at radius 2 is 1.76 bits per heavy atom. The van der Waals surface area contributed by atoms with Crippen LogP contribution in [0.4, 0.5) is 0 Å². The molecule has 11 nitrogen and oxygen atoms in total. The maximum atomic E-state index is 13.8. The number of rotatable bonds is 11. The number of piperidine rings is 1. The molecule has 0 radical (unpaired) electrons. The quantitative estimate of drug-likeness (QED) is 0.179. The minimum absolute atomic E-state index is 0.117. The van der Waals surface area contributed by atoms with Crippen LogP contribution in [-0.4, -0.2) is 98.8 Å². The average molecular weight is 674 g/mol. The van der Waals surface area contributed by atoms with Gasteiger partial charge in [-0.15, -0.1) is 0 Å². The van der Waals surface area contributed by atoms with E-state index in [0.29, 0.717) is 30.7 Å². The monoisotopic (exact) mass is 673 g/mol. The molecule has 4 fully saturated rings. The molecule has 3 heterocycles. The Balaban J connectivity index is 1.13. The maximum absolute atomic E-state index is 13.8. The number of benzene rings is 2. The minimum Gasteiger partial charge on any atom is -0.461 e. The van der Waals surface area contributed by atoms with Gasteiger partial charge in [0, 0.05) is 62.2 Å². The normalized spacial score (nSPS) is 27.3. The molecular weight excluding hydrogens is 622 g/mol. The summed E-state index contributed by atoms with van der Waals surface area (Å²) in [6, 6.07) is 15.9. The first-order chi connectivity index (χ1) is 23.7. The zero-order valence-corrected chi connectivity index (χ0v) is 28.7. The Bertz CT molecular complexity index is 1530. The first-order valence-corrected chi connectivity index (χ1v) is 17.7. The molecule has 5 N–H and O–H groups in total. The summed E-state index contributed by atoms with van der Waals surface area (Å²) in [7, 11) is 0. The summed E-state index contributed by atoms with van der Waals surface area (Å²) >= 11 is 0. The number of hydrogen-bond donors (Lipinski definition) is 5. The second-order valence-electron chi connectivity index (χ2n) is 13.9. The van der Waals surface area contributed by atoms with Crippen LogP contribution in [0.25, 0.3) is 0 Å². The Labute approximate surface area is 289 Å². The van der Waals surface area contributed by atoms with E-state index in [1.807, 2.05) is 30.3 Å². The van der Waals surface area contributed by atoms with Crippen molar-refractivity contribution in [2.75, 3.05) is 26.2 Å². The lowest BCUT2D eigenvalue weighted by Gasteiger charge is -2.43. The molecule has 1 saturated carbocycles. The number of carbonyl (C=O) groups excluding carboxylic acids is 2. The van der Waals surface area contributed by atoms with Crippen LogP contribution in [0.2, 0.25) is 0 Å². The largest absolute Gasteiger partial charge is 0.461 e. The van der Waals surface area contributed by atoms with Gasteiger partial charge in [-0.05, 0) is 61.8 Å². The number of nitrogens with one attached hydrogen (secondary N) is 2. The van der Waals surface area contributed by atoms with E-state index in [2.05, 4.69) is 45.6 Å². The van der Waals surface area contributed by atoms with E-state index in [9.17, 15) is 24.9 Å². The van der Waals surface area contributed by atoms with Crippen molar-refractivity contribution < 1.29 is 29.6 Å². The Kier molecular flexibility index (Phi) is 11.5. The fourth-order valence-corrected chi connectivity index (χ4v) is 7.37. The predicted octanol–water partition coefficient (Wildman–Crippen LogP) is 2.64. The van der Waals surface area contributed by atoms with Crippen molar-refractivity contribution in [2.24, 2.45) is 0 Å². The molecule has 3 saturated heterocycles. The van der Waals surface area contributed by atoms with Crippen molar-refractivity contribution in [1.29, 1.82) is 0 Å². The van der Waals surface area contributed by atoms with Gasteiger partial charge in [0.05, 0.1) is 12.5 Å². The molecule has 1 amide bonds. The summed E-state index contributed by atoms with van der Waals surface area (Å²) in [6.45, 7) is 9.97. The molecule has 0 aromatic heterocycles. The van der Waals surface area contributed by atoms with Crippen LogP contribution in [0.3, 0.4) is 0 Å². The molecular formula is C38H51N5O6. The molecule has 264 valence electrons. The number of hydrogen-bond acceptors (Lipinski definition) is 10. The van der Waals surface area contributed by atoms with E-state index in [0.717, 1.165) is 49.9 Å². The molecule has 1 aliphatic carbocycles. The number of carbonyl (C=O) groups is 2. The molecule has 49 heavy (non-hydrogen) atoms. The fraction of sp³-hybridized carbons (Fsp3) is 0.526. The lowest BCUT2D eigenvalue weighted by Crippen LogP contribution is -2.59. The van der Waals surface area contributed by atoms with Gasteiger partial charge in [-0.1, -0.05) is 61.0 Å². The number of amides is 1. The second-order valence-corrected chi connectivity index (χ2v) is 13.9. The SMILES string of the molecule is C/C(NCc1ccc(CN2CCN(C3CCC3)CC2)c(C)c1)=C1\C(=C/CC(=O)OCc2ccccc2)C(=O)N(C2CC[C@@H](O)NC2O)[C@@H]1O. The van der Waals surface area contributed by atoms with Crippen LogP contribution in [0.5, 0.6) is 0 Å². The lowest BCUT2D eigenvalue weighted by molar-refractivity contribution is -0.144. The van der Waals surface area contributed by atoms with Crippen molar-refractivity contribution in [1.82, 2.24) is 25.3 Å². The van der Waals surface area contributed by atoms with Crippen LogP contribution >= 0.6 is 0 Å². The molecule has 2 aromatic rings. The summed E-state index contributed by atoms with van der Waals surface area (Å²) in [5.41, 5.74) is 5.61. The smallest absolute Gasteiger partial charge is 0.310 e. The van der Waals surface area contributed by atoms with Gasteiger partial charge >= 0.3 is 5.97 Å². The van der Waals surface area contributed by atoms with Crippen LogP contribution in [-0.2, 0) is 34.0 Å². The standard InChI is InChI=1S/C38H51N5O6/c1-25-21-28(11-12-29(25)23-41-17-19-42(20-18-41)30-9-6-10-30)22-39-26(2)35-31(13-16-34(45)49-24-27-7-4-3-5-8-27)37(47)43(38(35)48)32-14-15-33(44)40-36(32)46/h3-5,7-8,11-13,21,30,32-33,36,38-40,44,46,48H,6,9-10,14-20,22-24H2,1-2H3/b31-13+,35-26-/t32?,33-,36?,38-/m1/s1. The van der Waals surface area contributed by atoms with Gasteiger partial charge in [-0.25, -0.2) is 0 Å². The topological polar surface area (TPSA) is 138 Å². The number of likely N-dealkylation sites (tertiary alicyclic amines) is 1. The van der Waals surface area contributed by atoms with Crippen LogP contribution in [0.1, 0.15) is 67.7 Å². The summed E-state index contributed by atoms with van der Waals surface area (Å²) in [5, 5.41) is 38.3. The van der Waals surface area contributed by atoms with E-state index >= 15 is 0 Å². The molecule has 0 spiro atoms. The van der Waals surface area contributed by atoms with Gasteiger partial charge < -0.3 is 30.3 Å². The van der Waals surface area contributed by atoms with Crippen molar-refractivity contribution in [3.8, 4) is 0 Å². The van der Waals surface area contributed by atoms with Crippen LogP contribution in [0.15, 0.2) is 71.5 Å². The molecule has 2 unspecified atom stereocenters. The highest BCUT2D eigenvalue weighted by molar-refractivity contribution is 6.02. The zero-order valence-electron chi connectivity index (χ0n) is 28.7. The summed E-state index contributed by atoms with van der Waals surface area (Å²) in [5.74, 6) is -0.990. The van der Waals surface area contributed by atoms with Crippen LogP contribution in [0, 0.1) is 6.92 Å². The fourth-order valence-electron chi connectivity index (χ4n) is 7.37. The van der Waals surface area contributed by atoms with Gasteiger partial charge in [0.15, 0.2) is 6.23 Å². The number of piperazine rings is 1. The van der Waals surface area contributed by atoms with Crippen molar-refractivity contribution in [3.63, 3.8) is 0 Å². The van der Waals surface area contributed by atoms with Crippen molar-refractivity contribution in [3.05, 3.63) is 93.7 Å². The number of allylic oxidation sites excluding steroid dienone is 1. The Morgan fingerprint density at radius 1 is 1.00 bits per heavy atom. The number of aryl methyl sites for hydroxylation is 1. The van der Waals surface area contributed by atoms with E-state index < -0.39 is 36.6 Å². The van der Waals surface area contributed by atoms with Gasteiger partial charge in [-0.3, -0.25) is 24.7 Å². The summed E-state index contributed by atoms with van der Waals surface area (Å²) < 4.78 is 5.43. The Hall–Kier alpha value is -3.58. The van der Waals surface area contributed by atoms with E-state index in [1.54, 1.807) is 6.92 Å². The molecule has 0 bridgehead atoms.